The van der Waals surface area contributed by atoms with Gasteiger partial charge in [0.25, 0.3) is 0 Å². The Balaban J connectivity index is 1.81. The second-order valence-corrected chi connectivity index (χ2v) is 6.31. The van der Waals surface area contributed by atoms with Gasteiger partial charge < -0.3 is 10.1 Å². The van der Waals surface area contributed by atoms with E-state index in [-0.39, 0.29) is 5.91 Å². The molecular weight excluding hydrogens is 318 g/mol. The Morgan fingerprint density at radius 1 is 1.23 bits per heavy atom. The number of methoxy groups -OCH3 is 1. The molecule has 22 heavy (non-hydrogen) atoms. The lowest BCUT2D eigenvalue weighted by Gasteiger charge is -2.09. The molecule has 1 amide bonds. The molecule has 2 aromatic rings. The van der Waals surface area contributed by atoms with Gasteiger partial charge in [-0.1, -0.05) is 17.7 Å². The lowest BCUT2D eigenvalue weighted by Crippen LogP contribution is -2.13. The fraction of sp³-hybridized carbons (Fsp3) is 0.235. The van der Waals surface area contributed by atoms with Crippen molar-refractivity contribution in [3.63, 3.8) is 0 Å². The van der Waals surface area contributed by atoms with Gasteiger partial charge in [-0.05, 0) is 48.9 Å². The van der Waals surface area contributed by atoms with E-state index in [0.29, 0.717) is 11.4 Å². The molecule has 0 aliphatic heterocycles. The summed E-state index contributed by atoms with van der Waals surface area (Å²) in [5.41, 5.74) is 1.66. The zero-order chi connectivity index (χ0) is 15.9. The van der Waals surface area contributed by atoms with E-state index >= 15 is 0 Å². The molecule has 1 N–H and O–H groups in total. The van der Waals surface area contributed by atoms with Crippen molar-refractivity contribution in [3.05, 3.63) is 53.1 Å². The molecule has 3 nitrogen and oxygen atoms in total. The third kappa shape index (κ3) is 4.68. The summed E-state index contributed by atoms with van der Waals surface area (Å²) < 4.78 is 5.11. The van der Waals surface area contributed by atoms with Crippen molar-refractivity contribution in [3.8, 4) is 5.75 Å². The molecule has 0 atom stereocenters. The maximum atomic E-state index is 12.0. The van der Waals surface area contributed by atoms with E-state index in [1.54, 1.807) is 18.9 Å². The van der Waals surface area contributed by atoms with Crippen LogP contribution in [0, 0.1) is 6.92 Å². The smallest absolute Gasteiger partial charge is 0.225 e. The first-order valence-corrected chi connectivity index (χ1v) is 8.28. The van der Waals surface area contributed by atoms with Gasteiger partial charge in [-0.15, -0.1) is 11.8 Å². The van der Waals surface area contributed by atoms with Crippen LogP contribution in [-0.2, 0) is 4.79 Å². The molecule has 0 aromatic heterocycles. The minimum Gasteiger partial charge on any atom is -0.497 e. The topological polar surface area (TPSA) is 38.3 Å². The average molecular weight is 336 g/mol. The molecule has 0 fully saturated rings. The number of ether oxygens (including phenoxy) is 1. The Hall–Kier alpha value is -1.65. The standard InChI is InChI=1S/C17H18ClNO2S/c1-12-15(18)4-3-5-16(12)19-17(20)10-11-22-14-8-6-13(21-2)7-9-14/h3-9H,10-11H2,1-2H3,(H,19,20). The summed E-state index contributed by atoms with van der Waals surface area (Å²) in [4.78, 5) is 13.1. The van der Waals surface area contributed by atoms with Crippen LogP contribution >= 0.6 is 23.4 Å². The number of halogens is 1. The first-order valence-electron chi connectivity index (χ1n) is 6.92. The molecule has 5 heteroatoms. The summed E-state index contributed by atoms with van der Waals surface area (Å²) in [6.07, 6.45) is 0.447. The van der Waals surface area contributed by atoms with E-state index in [9.17, 15) is 4.79 Å². The first-order chi connectivity index (χ1) is 10.6. The number of thioether (sulfide) groups is 1. The highest BCUT2D eigenvalue weighted by atomic mass is 35.5. The summed E-state index contributed by atoms with van der Waals surface area (Å²) in [6.45, 7) is 1.89. The van der Waals surface area contributed by atoms with Crippen LogP contribution < -0.4 is 10.1 Å². The Bertz CT molecular complexity index is 644. The molecular formula is C17H18ClNO2S. The monoisotopic (exact) mass is 335 g/mol. The zero-order valence-electron chi connectivity index (χ0n) is 12.6. The van der Waals surface area contributed by atoms with E-state index in [4.69, 9.17) is 16.3 Å². The fourth-order valence-electron chi connectivity index (χ4n) is 1.89. The molecule has 0 aliphatic rings. The van der Waals surface area contributed by atoms with Gasteiger partial charge in [0.05, 0.1) is 7.11 Å². The Morgan fingerprint density at radius 2 is 1.95 bits per heavy atom. The Labute approximate surface area is 140 Å². The number of carbonyl (C=O) groups is 1. The van der Waals surface area contributed by atoms with Crippen LogP contribution in [0.4, 0.5) is 5.69 Å². The van der Waals surface area contributed by atoms with Gasteiger partial charge in [0.1, 0.15) is 5.75 Å². The quantitative estimate of drug-likeness (QED) is 0.772. The molecule has 2 rings (SSSR count). The van der Waals surface area contributed by atoms with Gasteiger partial charge in [-0.25, -0.2) is 0 Å². The highest BCUT2D eigenvalue weighted by Crippen LogP contribution is 2.24. The van der Waals surface area contributed by atoms with E-state index in [1.807, 2.05) is 49.4 Å². The number of hydrogen-bond donors (Lipinski definition) is 1. The fourth-order valence-corrected chi connectivity index (χ4v) is 2.92. The van der Waals surface area contributed by atoms with Gasteiger partial charge in [-0.2, -0.15) is 0 Å². The van der Waals surface area contributed by atoms with Gasteiger partial charge in [0.15, 0.2) is 0 Å². The largest absolute Gasteiger partial charge is 0.497 e. The second-order valence-electron chi connectivity index (χ2n) is 4.73. The third-order valence-electron chi connectivity index (χ3n) is 3.20. The normalized spacial score (nSPS) is 10.3. The summed E-state index contributed by atoms with van der Waals surface area (Å²) in [5, 5.41) is 3.56. The molecule has 0 heterocycles. The zero-order valence-corrected chi connectivity index (χ0v) is 14.1. The van der Waals surface area contributed by atoms with Gasteiger partial charge in [0, 0.05) is 27.8 Å². The minimum absolute atomic E-state index is 0.00798. The molecule has 0 bridgehead atoms. The third-order valence-corrected chi connectivity index (χ3v) is 4.62. The number of nitrogens with one attached hydrogen (secondary N) is 1. The molecule has 0 saturated heterocycles. The molecule has 0 spiro atoms. The molecule has 116 valence electrons. The van der Waals surface area contributed by atoms with Crippen molar-refractivity contribution in [2.75, 3.05) is 18.2 Å². The number of carbonyl (C=O) groups excluding carboxylic acids is 1. The van der Waals surface area contributed by atoms with Crippen molar-refractivity contribution in [2.45, 2.75) is 18.2 Å². The van der Waals surface area contributed by atoms with Crippen LogP contribution in [0.3, 0.4) is 0 Å². The van der Waals surface area contributed by atoms with Crippen LogP contribution in [0.25, 0.3) is 0 Å². The minimum atomic E-state index is -0.00798. The average Bonchev–Trinajstić information content (AvgIpc) is 2.52. The van der Waals surface area contributed by atoms with E-state index in [0.717, 1.165) is 27.6 Å². The number of anilines is 1. The highest BCUT2D eigenvalue weighted by molar-refractivity contribution is 7.99. The number of rotatable bonds is 6. The van der Waals surface area contributed by atoms with Crippen LogP contribution in [-0.4, -0.2) is 18.8 Å². The van der Waals surface area contributed by atoms with Gasteiger partial charge >= 0.3 is 0 Å². The van der Waals surface area contributed by atoms with Crippen LogP contribution in [0.1, 0.15) is 12.0 Å². The Morgan fingerprint density at radius 3 is 2.64 bits per heavy atom. The Kier molecular flexibility index (Phi) is 6.16. The first kappa shape index (κ1) is 16.7. The van der Waals surface area contributed by atoms with E-state index in [1.165, 1.54) is 0 Å². The van der Waals surface area contributed by atoms with E-state index < -0.39 is 0 Å². The molecule has 2 aromatic carbocycles. The van der Waals surface area contributed by atoms with Crippen molar-refractivity contribution < 1.29 is 9.53 Å². The van der Waals surface area contributed by atoms with Crippen molar-refractivity contribution >= 4 is 35.0 Å². The predicted octanol–water partition coefficient (Wildman–Crippen LogP) is 4.78. The highest BCUT2D eigenvalue weighted by Gasteiger charge is 2.07. The molecule has 0 saturated carbocycles. The summed E-state index contributed by atoms with van der Waals surface area (Å²) in [7, 11) is 1.64. The second kappa shape index (κ2) is 8.11. The molecule has 0 radical (unpaired) electrons. The van der Waals surface area contributed by atoms with Crippen LogP contribution in [0.15, 0.2) is 47.4 Å². The van der Waals surface area contributed by atoms with Crippen molar-refractivity contribution in [1.82, 2.24) is 0 Å². The number of benzene rings is 2. The molecule has 0 unspecified atom stereocenters. The van der Waals surface area contributed by atoms with Gasteiger partial charge in [-0.3, -0.25) is 4.79 Å². The maximum absolute atomic E-state index is 12.0. The van der Waals surface area contributed by atoms with E-state index in [2.05, 4.69) is 5.32 Å². The number of amides is 1. The lowest BCUT2D eigenvalue weighted by molar-refractivity contribution is -0.115. The van der Waals surface area contributed by atoms with Gasteiger partial charge in [0.2, 0.25) is 5.91 Å². The van der Waals surface area contributed by atoms with Crippen molar-refractivity contribution in [2.24, 2.45) is 0 Å². The summed E-state index contributed by atoms with van der Waals surface area (Å²) in [6, 6.07) is 13.3. The van der Waals surface area contributed by atoms with Crippen molar-refractivity contribution in [1.29, 1.82) is 0 Å². The SMILES string of the molecule is COc1ccc(SCCC(=O)Nc2cccc(Cl)c2C)cc1. The maximum Gasteiger partial charge on any atom is 0.225 e. The van der Waals surface area contributed by atoms with Crippen LogP contribution in [0.5, 0.6) is 5.75 Å². The predicted molar refractivity (Wildman–Crippen MR) is 93.2 cm³/mol. The van der Waals surface area contributed by atoms with Crippen LogP contribution in [0.2, 0.25) is 5.02 Å². The summed E-state index contributed by atoms with van der Waals surface area (Å²) >= 11 is 7.68. The molecule has 0 aliphatic carbocycles. The summed E-state index contributed by atoms with van der Waals surface area (Å²) in [5.74, 6) is 1.54. The number of hydrogen-bond acceptors (Lipinski definition) is 3. The lowest BCUT2D eigenvalue weighted by atomic mass is 10.2.